The van der Waals surface area contributed by atoms with E-state index in [1.54, 1.807) is 12.3 Å². The number of aromatic nitrogens is 1. The van der Waals surface area contributed by atoms with Crippen molar-refractivity contribution in [1.29, 1.82) is 0 Å². The fraction of sp³-hybridized carbons (Fsp3) is 0.217. The van der Waals surface area contributed by atoms with Gasteiger partial charge in [0.1, 0.15) is 11.4 Å². The maximum Gasteiger partial charge on any atom is 0.274 e. The molecule has 1 aromatic heterocycles. The van der Waals surface area contributed by atoms with E-state index in [2.05, 4.69) is 34.3 Å². The van der Waals surface area contributed by atoms with Gasteiger partial charge in [-0.15, -0.1) is 0 Å². The van der Waals surface area contributed by atoms with Crippen LogP contribution >= 0.6 is 0 Å². The molecule has 5 nitrogen and oxygen atoms in total. The highest BCUT2D eigenvalue weighted by molar-refractivity contribution is 6.03. The predicted molar refractivity (Wildman–Crippen MR) is 113 cm³/mol. The van der Waals surface area contributed by atoms with E-state index >= 15 is 0 Å². The van der Waals surface area contributed by atoms with E-state index in [1.807, 2.05) is 55.5 Å². The number of para-hydroxylation sites is 2. The highest BCUT2D eigenvalue weighted by Crippen LogP contribution is 2.24. The molecule has 28 heavy (non-hydrogen) atoms. The molecule has 0 spiro atoms. The first-order chi connectivity index (χ1) is 13.7. The van der Waals surface area contributed by atoms with Crippen molar-refractivity contribution >= 4 is 17.3 Å². The first kappa shape index (κ1) is 19.4. The summed E-state index contributed by atoms with van der Waals surface area (Å²) in [5, 5.41) is 2.87. The van der Waals surface area contributed by atoms with Crippen LogP contribution in [0.2, 0.25) is 0 Å². The molecular weight excluding hydrogens is 350 g/mol. The standard InChI is InChI=1S/C23H25N3O2/c1-3-26(17-18-10-6-5-7-11-18)19-14-15-21(24-16-19)23(27)25-20-12-8-9-13-22(20)28-4-2/h5-16H,3-4,17H2,1-2H3,(H,25,27). The van der Waals surface area contributed by atoms with Crippen LogP contribution in [0, 0.1) is 0 Å². The van der Waals surface area contributed by atoms with Gasteiger partial charge in [0.15, 0.2) is 0 Å². The number of anilines is 2. The van der Waals surface area contributed by atoms with Crippen molar-refractivity contribution in [2.24, 2.45) is 0 Å². The summed E-state index contributed by atoms with van der Waals surface area (Å²) in [6.45, 7) is 6.20. The maximum absolute atomic E-state index is 12.6. The van der Waals surface area contributed by atoms with Crippen molar-refractivity contribution in [3.05, 3.63) is 84.2 Å². The minimum Gasteiger partial charge on any atom is -0.492 e. The first-order valence-corrected chi connectivity index (χ1v) is 9.49. The summed E-state index contributed by atoms with van der Waals surface area (Å²) >= 11 is 0. The Morgan fingerprint density at radius 3 is 2.43 bits per heavy atom. The van der Waals surface area contributed by atoms with E-state index in [0.717, 1.165) is 18.8 Å². The topological polar surface area (TPSA) is 54.5 Å². The van der Waals surface area contributed by atoms with E-state index in [9.17, 15) is 4.79 Å². The van der Waals surface area contributed by atoms with Crippen molar-refractivity contribution in [3.63, 3.8) is 0 Å². The third-order valence-electron chi connectivity index (χ3n) is 4.38. The van der Waals surface area contributed by atoms with Crippen LogP contribution in [0.1, 0.15) is 29.9 Å². The molecule has 0 fully saturated rings. The molecule has 144 valence electrons. The van der Waals surface area contributed by atoms with Gasteiger partial charge in [-0.2, -0.15) is 0 Å². The Balaban J connectivity index is 1.70. The molecule has 3 rings (SSSR count). The van der Waals surface area contributed by atoms with Crippen LogP contribution in [0.15, 0.2) is 72.9 Å². The molecule has 0 saturated heterocycles. The number of rotatable bonds is 8. The summed E-state index contributed by atoms with van der Waals surface area (Å²) in [5.41, 5.74) is 3.22. The lowest BCUT2D eigenvalue weighted by Crippen LogP contribution is -2.22. The Morgan fingerprint density at radius 2 is 1.75 bits per heavy atom. The Hall–Kier alpha value is -3.34. The molecule has 0 saturated carbocycles. The van der Waals surface area contributed by atoms with Crippen LogP contribution in [-0.2, 0) is 6.54 Å². The third-order valence-corrected chi connectivity index (χ3v) is 4.38. The molecular formula is C23H25N3O2. The summed E-state index contributed by atoms with van der Waals surface area (Å²) in [6, 6.07) is 21.4. The molecule has 1 amide bonds. The number of nitrogens with one attached hydrogen (secondary N) is 1. The number of pyridine rings is 1. The summed E-state index contributed by atoms with van der Waals surface area (Å²) in [5.74, 6) is 0.389. The zero-order chi connectivity index (χ0) is 19.8. The fourth-order valence-electron chi connectivity index (χ4n) is 2.93. The van der Waals surface area contributed by atoms with Gasteiger partial charge in [0.2, 0.25) is 0 Å². The smallest absolute Gasteiger partial charge is 0.274 e. The SMILES string of the molecule is CCOc1ccccc1NC(=O)c1ccc(N(CC)Cc2ccccc2)cn1. The van der Waals surface area contributed by atoms with Crippen LogP contribution in [0.25, 0.3) is 0 Å². The lowest BCUT2D eigenvalue weighted by Gasteiger charge is -2.23. The number of carbonyl (C=O) groups is 1. The number of hydrogen-bond acceptors (Lipinski definition) is 4. The highest BCUT2D eigenvalue weighted by atomic mass is 16.5. The van der Waals surface area contributed by atoms with Gasteiger partial charge in [-0.05, 0) is 43.7 Å². The molecule has 0 radical (unpaired) electrons. The molecule has 0 aliphatic heterocycles. The molecule has 3 aromatic rings. The van der Waals surface area contributed by atoms with Gasteiger partial charge in [-0.25, -0.2) is 4.98 Å². The molecule has 0 bridgehead atoms. The number of nitrogens with zero attached hydrogens (tertiary/aromatic N) is 2. The van der Waals surface area contributed by atoms with Crippen molar-refractivity contribution in [2.45, 2.75) is 20.4 Å². The number of ether oxygens (including phenoxy) is 1. The van der Waals surface area contributed by atoms with Crippen molar-refractivity contribution in [1.82, 2.24) is 4.98 Å². The quantitative estimate of drug-likeness (QED) is 0.617. The van der Waals surface area contributed by atoms with E-state index < -0.39 is 0 Å². The summed E-state index contributed by atoms with van der Waals surface area (Å²) in [7, 11) is 0. The minimum absolute atomic E-state index is 0.259. The first-order valence-electron chi connectivity index (χ1n) is 9.49. The summed E-state index contributed by atoms with van der Waals surface area (Å²) < 4.78 is 5.55. The molecule has 5 heteroatoms. The lowest BCUT2D eigenvalue weighted by molar-refractivity contribution is 0.102. The molecule has 0 atom stereocenters. The summed E-state index contributed by atoms with van der Waals surface area (Å²) in [6.07, 6.45) is 1.75. The van der Waals surface area contributed by atoms with Gasteiger partial charge < -0.3 is 15.0 Å². The number of amides is 1. The lowest BCUT2D eigenvalue weighted by atomic mass is 10.2. The largest absolute Gasteiger partial charge is 0.492 e. The fourth-order valence-corrected chi connectivity index (χ4v) is 2.93. The van der Waals surface area contributed by atoms with Gasteiger partial charge in [0.25, 0.3) is 5.91 Å². The Morgan fingerprint density at radius 1 is 1.00 bits per heavy atom. The van der Waals surface area contributed by atoms with Crippen LogP contribution in [-0.4, -0.2) is 24.0 Å². The van der Waals surface area contributed by atoms with Crippen molar-refractivity contribution in [3.8, 4) is 5.75 Å². The second-order valence-electron chi connectivity index (χ2n) is 6.28. The number of hydrogen-bond donors (Lipinski definition) is 1. The molecule has 1 N–H and O–H groups in total. The Labute approximate surface area is 166 Å². The monoisotopic (exact) mass is 375 g/mol. The maximum atomic E-state index is 12.6. The van der Waals surface area contributed by atoms with Gasteiger partial charge in [0, 0.05) is 13.1 Å². The molecule has 0 unspecified atom stereocenters. The zero-order valence-electron chi connectivity index (χ0n) is 16.3. The highest BCUT2D eigenvalue weighted by Gasteiger charge is 2.12. The van der Waals surface area contributed by atoms with Crippen LogP contribution in [0.3, 0.4) is 0 Å². The van der Waals surface area contributed by atoms with Crippen molar-refractivity contribution in [2.75, 3.05) is 23.4 Å². The van der Waals surface area contributed by atoms with Crippen LogP contribution in [0.5, 0.6) is 5.75 Å². The molecule has 0 aliphatic carbocycles. The zero-order valence-corrected chi connectivity index (χ0v) is 16.3. The number of benzene rings is 2. The van der Waals surface area contributed by atoms with Gasteiger partial charge >= 0.3 is 0 Å². The van der Waals surface area contributed by atoms with Gasteiger partial charge in [-0.3, -0.25) is 4.79 Å². The predicted octanol–water partition coefficient (Wildman–Crippen LogP) is 4.76. The van der Waals surface area contributed by atoms with Gasteiger partial charge in [0.05, 0.1) is 24.2 Å². The average Bonchev–Trinajstić information content (AvgIpc) is 2.74. The summed E-state index contributed by atoms with van der Waals surface area (Å²) in [4.78, 5) is 19.2. The second-order valence-corrected chi connectivity index (χ2v) is 6.28. The van der Waals surface area contributed by atoms with E-state index in [4.69, 9.17) is 4.74 Å². The van der Waals surface area contributed by atoms with Crippen molar-refractivity contribution < 1.29 is 9.53 Å². The van der Waals surface area contributed by atoms with Crippen LogP contribution < -0.4 is 15.0 Å². The second kappa shape index (κ2) is 9.55. The van der Waals surface area contributed by atoms with Gasteiger partial charge in [-0.1, -0.05) is 42.5 Å². The Bertz CT molecular complexity index is 895. The molecule has 2 aromatic carbocycles. The van der Waals surface area contributed by atoms with E-state index in [1.165, 1.54) is 5.56 Å². The molecule has 1 heterocycles. The third kappa shape index (κ3) is 4.88. The average molecular weight is 375 g/mol. The van der Waals surface area contributed by atoms with Crippen LogP contribution in [0.4, 0.5) is 11.4 Å². The minimum atomic E-state index is -0.259. The normalized spacial score (nSPS) is 10.4. The molecule has 0 aliphatic rings. The van der Waals surface area contributed by atoms with E-state index in [0.29, 0.717) is 23.7 Å². The number of carbonyl (C=O) groups excluding carboxylic acids is 1. The Kier molecular flexibility index (Phi) is 6.63. The van der Waals surface area contributed by atoms with E-state index in [-0.39, 0.29) is 5.91 Å².